The summed E-state index contributed by atoms with van der Waals surface area (Å²) in [5, 5.41) is 10.5. The van der Waals surface area contributed by atoms with Crippen LogP contribution in [0.25, 0.3) is 0 Å². The quantitative estimate of drug-likeness (QED) is 0.632. The van der Waals surface area contributed by atoms with Crippen molar-refractivity contribution in [2.45, 2.75) is 24.9 Å². The average Bonchev–Trinajstić information content (AvgIpc) is 3.16. The van der Waals surface area contributed by atoms with Crippen LogP contribution in [0.3, 0.4) is 0 Å². The van der Waals surface area contributed by atoms with Crippen molar-refractivity contribution in [2.75, 3.05) is 0 Å². The molecule has 0 saturated carbocycles. The van der Waals surface area contributed by atoms with Gasteiger partial charge in [-0.15, -0.1) is 0 Å². The summed E-state index contributed by atoms with van der Waals surface area (Å²) in [6.07, 6.45) is 4.77. The number of primary amides is 1. The molecule has 3 N–H and O–H groups in total. The van der Waals surface area contributed by atoms with Gasteiger partial charge in [0.15, 0.2) is 0 Å². The molecular formula is C22H18ClFN4O3. The average molecular weight is 441 g/mol. The number of phenolic OH excluding ortho intramolecular Hbond substituents is 1. The molecule has 0 radical (unpaired) electrons. The first-order valence-corrected chi connectivity index (χ1v) is 9.89. The second-order valence-corrected chi connectivity index (χ2v) is 7.65. The molecule has 0 aliphatic heterocycles. The second-order valence-electron chi connectivity index (χ2n) is 7.22. The molecule has 9 heteroatoms. The first-order chi connectivity index (χ1) is 14.9. The van der Waals surface area contributed by atoms with Gasteiger partial charge < -0.3 is 15.7 Å². The summed E-state index contributed by atoms with van der Waals surface area (Å²) in [4.78, 5) is 35.3. The van der Waals surface area contributed by atoms with E-state index in [0.717, 1.165) is 0 Å². The number of hydrogen-bond acceptors (Lipinski definition) is 5. The lowest BCUT2D eigenvalue weighted by atomic mass is 9.99. The van der Waals surface area contributed by atoms with Crippen molar-refractivity contribution in [3.63, 3.8) is 0 Å². The first kappa shape index (κ1) is 20.7. The fourth-order valence-corrected chi connectivity index (χ4v) is 4.27. The Bertz CT molecular complexity index is 1160. The van der Waals surface area contributed by atoms with E-state index >= 15 is 0 Å². The molecule has 31 heavy (non-hydrogen) atoms. The van der Waals surface area contributed by atoms with Crippen LogP contribution < -0.4 is 5.73 Å². The number of halogens is 2. The van der Waals surface area contributed by atoms with Gasteiger partial charge in [-0.05, 0) is 48.2 Å². The highest BCUT2D eigenvalue weighted by molar-refractivity contribution is 6.30. The number of phenols is 1. The molecule has 0 spiro atoms. The lowest BCUT2D eigenvalue weighted by Gasteiger charge is -2.35. The van der Waals surface area contributed by atoms with Gasteiger partial charge in [-0.2, -0.15) is 0 Å². The van der Waals surface area contributed by atoms with Gasteiger partial charge in [0.2, 0.25) is 5.91 Å². The standard InChI is InChI=1S/C22H18ClFN4O3/c23-13-7-16-14(17(24)8-13)5-6-18(16)28(22(31)15-3-1-2-4-19(15)29)20(21(25)30)12-9-26-11-27-10-12/h1-4,7-11,18,20,29H,5-6H2,(H2,25,30)/t18-,20?/m1/s1. The van der Waals surface area contributed by atoms with Crippen LogP contribution in [-0.2, 0) is 11.2 Å². The molecule has 7 nitrogen and oxygen atoms in total. The number of hydrogen-bond donors (Lipinski definition) is 2. The molecule has 3 aromatic rings. The van der Waals surface area contributed by atoms with Crippen LogP contribution in [-0.4, -0.2) is 31.8 Å². The molecule has 1 aliphatic rings. The maximum atomic E-state index is 14.5. The topological polar surface area (TPSA) is 109 Å². The first-order valence-electron chi connectivity index (χ1n) is 9.51. The molecule has 0 saturated heterocycles. The maximum absolute atomic E-state index is 14.5. The summed E-state index contributed by atoms with van der Waals surface area (Å²) in [6, 6.07) is 6.84. The van der Waals surface area contributed by atoms with Gasteiger partial charge in [0.05, 0.1) is 11.6 Å². The molecule has 2 amide bonds. The van der Waals surface area contributed by atoms with Crippen molar-refractivity contribution in [3.8, 4) is 5.75 Å². The van der Waals surface area contributed by atoms with Gasteiger partial charge >= 0.3 is 0 Å². The Morgan fingerprint density at radius 2 is 1.94 bits per heavy atom. The van der Waals surface area contributed by atoms with Crippen LogP contribution in [0.5, 0.6) is 5.75 Å². The summed E-state index contributed by atoms with van der Waals surface area (Å²) in [5.41, 5.74) is 6.93. The molecule has 1 aliphatic carbocycles. The molecule has 4 rings (SSSR count). The van der Waals surface area contributed by atoms with Crippen molar-refractivity contribution in [1.29, 1.82) is 0 Å². The lowest BCUT2D eigenvalue weighted by Crippen LogP contribution is -2.43. The van der Waals surface area contributed by atoms with E-state index in [0.29, 0.717) is 29.5 Å². The van der Waals surface area contributed by atoms with Crippen LogP contribution in [0, 0.1) is 5.82 Å². The number of para-hydroxylation sites is 1. The van der Waals surface area contributed by atoms with Crippen molar-refractivity contribution >= 4 is 23.4 Å². The number of fused-ring (bicyclic) bond motifs is 1. The molecule has 2 atom stereocenters. The third-order valence-corrected chi connectivity index (χ3v) is 5.59. The van der Waals surface area contributed by atoms with Crippen LogP contribution in [0.4, 0.5) is 4.39 Å². The molecular weight excluding hydrogens is 423 g/mol. The number of carbonyl (C=O) groups is 2. The highest BCUT2D eigenvalue weighted by Crippen LogP contribution is 2.43. The van der Waals surface area contributed by atoms with E-state index in [1.807, 2.05) is 0 Å². The van der Waals surface area contributed by atoms with Gasteiger partial charge in [-0.25, -0.2) is 14.4 Å². The second kappa shape index (κ2) is 8.31. The van der Waals surface area contributed by atoms with Crippen molar-refractivity contribution in [2.24, 2.45) is 5.73 Å². The highest BCUT2D eigenvalue weighted by Gasteiger charge is 2.41. The Kier molecular flexibility index (Phi) is 5.56. The Hall–Kier alpha value is -3.52. The summed E-state index contributed by atoms with van der Waals surface area (Å²) in [5.74, 6) is -2.17. The van der Waals surface area contributed by atoms with Gasteiger partial charge in [0, 0.05) is 23.0 Å². The Labute approximate surface area is 182 Å². The van der Waals surface area contributed by atoms with E-state index < -0.39 is 29.7 Å². The Morgan fingerprint density at radius 3 is 2.61 bits per heavy atom. The van der Waals surface area contributed by atoms with E-state index in [2.05, 4.69) is 9.97 Å². The van der Waals surface area contributed by atoms with Crippen molar-refractivity contribution < 1.29 is 19.1 Å². The van der Waals surface area contributed by atoms with Gasteiger partial charge in [0.25, 0.3) is 5.91 Å². The van der Waals surface area contributed by atoms with E-state index in [9.17, 15) is 19.1 Å². The molecule has 0 fully saturated rings. The van der Waals surface area contributed by atoms with Crippen LogP contribution in [0.1, 0.15) is 45.6 Å². The third kappa shape index (κ3) is 3.82. The summed E-state index contributed by atoms with van der Waals surface area (Å²) >= 11 is 6.08. The zero-order chi connectivity index (χ0) is 22.1. The number of amides is 2. The van der Waals surface area contributed by atoms with Gasteiger partial charge in [-0.1, -0.05) is 23.7 Å². The number of nitrogens with zero attached hydrogens (tertiary/aromatic N) is 3. The molecule has 158 valence electrons. The van der Waals surface area contributed by atoms with Crippen LogP contribution >= 0.6 is 11.6 Å². The van der Waals surface area contributed by atoms with Gasteiger partial charge in [-0.3, -0.25) is 9.59 Å². The van der Waals surface area contributed by atoms with Crippen LogP contribution in [0.2, 0.25) is 5.02 Å². The number of aromatic hydroxyl groups is 1. The normalized spacial score (nSPS) is 15.9. The molecule has 1 heterocycles. The Balaban J connectivity index is 1.90. The Morgan fingerprint density at radius 1 is 1.23 bits per heavy atom. The third-order valence-electron chi connectivity index (χ3n) is 5.37. The predicted octanol–water partition coefficient (Wildman–Crippen LogP) is 3.33. The lowest BCUT2D eigenvalue weighted by molar-refractivity contribution is -0.123. The number of benzene rings is 2. The molecule has 1 aromatic heterocycles. The van der Waals surface area contributed by atoms with E-state index in [-0.39, 0.29) is 16.3 Å². The van der Waals surface area contributed by atoms with E-state index in [1.165, 1.54) is 41.8 Å². The van der Waals surface area contributed by atoms with Gasteiger partial charge in [0.1, 0.15) is 23.9 Å². The minimum Gasteiger partial charge on any atom is -0.507 e. The number of aromatic nitrogens is 2. The molecule has 0 bridgehead atoms. The number of nitrogens with two attached hydrogens (primary N) is 1. The smallest absolute Gasteiger partial charge is 0.259 e. The predicted molar refractivity (Wildman–Crippen MR) is 111 cm³/mol. The number of carbonyl (C=O) groups excluding carboxylic acids is 2. The fraction of sp³-hybridized carbons (Fsp3) is 0.182. The summed E-state index contributed by atoms with van der Waals surface area (Å²) < 4.78 is 14.5. The minimum absolute atomic E-state index is 0.0125. The maximum Gasteiger partial charge on any atom is 0.259 e. The van der Waals surface area contributed by atoms with Crippen molar-refractivity contribution in [3.05, 3.63) is 88.2 Å². The highest BCUT2D eigenvalue weighted by atomic mass is 35.5. The summed E-state index contributed by atoms with van der Waals surface area (Å²) in [6.45, 7) is 0. The van der Waals surface area contributed by atoms with Crippen LogP contribution in [0.15, 0.2) is 55.1 Å². The largest absolute Gasteiger partial charge is 0.507 e. The van der Waals surface area contributed by atoms with Crippen molar-refractivity contribution in [1.82, 2.24) is 14.9 Å². The fourth-order valence-electron chi connectivity index (χ4n) is 4.06. The van der Waals surface area contributed by atoms with E-state index in [4.69, 9.17) is 17.3 Å². The molecule has 2 aromatic carbocycles. The van der Waals surface area contributed by atoms with E-state index in [1.54, 1.807) is 18.2 Å². The minimum atomic E-state index is -1.24. The molecule has 1 unspecified atom stereocenters. The monoisotopic (exact) mass is 440 g/mol. The zero-order valence-electron chi connectivity index (χ0n) is 16.2. The summed E-state index contributed by atoms with van der Waals surface area (Å²) in [7, 11) is 0. The number of rotatable bonds is 5. The zero-order valence-corrected chi connectivity index (χ0v) is 17.0. The SMILES string of the molecule is NC(=O)C(c1cncnc1)N(C(=O)c1ccccc1O)[C@@H]1CCc2c(F)cc(Cl)cc21.